The number of ether oxygens (including phenoxy) is 1. The monoisotopic (exact) mass is 304 g/mol. The molecule has 0 spiro atoms. The van der Waals surface area contributed by atoms with Gasteiger partial charge in [0.1, 0.15) is 0 Å². The largest absolute Gasteiger partial charge is 0.378 e. The summed E-state index contributed by atoms with van der Waals surface area (Å²) in [7, 11) is 0. The molecule has 0 atom stereocenters. The summed E-state index contributed by atoms with van der Waals surface area (Å²) in [6.45, 7) is 12.0. The number of nitrogens with zero attached hydrogens (tertiary/aromatic N) is 1. The Morgan fingerprint density at radius 2 is 1.77 bits per heavy atom. The molecule has 0 radical (unpaired) electrons. The minimum Gasteiger partial charge on any atom is -0.378 e. The van der Waals surface area contributed by atoms with Crippen LogP contribution in [0.4, 0.5) is 5.69 Å². The second kappa shape index (κ2) is 6.69. The molecule has 0 aliphatic carbocycles. The van der Waals surface area contributed by atoms with Crippen LogP contribution < -0.4 is 10.6 Å². The fourth-order valence-electron chi connectivity index (χ4n) is 3.27. The highest BCUT2D eigenvalue weighted by atomic mass is 16.5. The number of aryl methyl sites for hydroxylation is 2. The van der Waals surface area contributed by atoms with Gasteiger partial charge in [-0.15, -0.1) is 0 Å². The topological polar surface area (TPSA) is 55.6 Å². The van der Waals surface area contributed by atoms with Crippen molar-refractivity contribution >= 4 is 11.6 Å². The Balaban J connectivity index is 2.21. The lowest BCUT2D eigenvalue weighted by atomic mass is 9.80. The molecule has 2 N–H and O–H groups in total. The Kier molecular flexibility index (Phi) is 5.12. The first-order chi connectivity index (χ1) is 10.3. The molecule has 1 amide bonds. The highest BCUT2D eigenvalue weighted by Crippen LogP contribution is 2.31. The van der Waals surface area contributed by atoms with Crippen LogP contribution >= 0.6 is 0 Å². The van der Waals surface area contributed by atoms with Crippen LogP contribution in [0.15, 0.2) is 12.1 Å². The molecule has 1 aromatic rings. The van der Waals surface area contributed by atoms with Crippen LogP contribution in [0.2, 0.25) is 0 Å². The summed E-state index contributed by atoms with van der Waals surface area (Å²) in [5, 5.41) is 0. The SMILES string of the molecule is Cc1cc(N2CCOCC2)cc(C)c1CC(C)(C)CC(N)=O. The quantitative estimate of drug-likeness (QED) is 0.909. The summed E-state index contributed by atoms with van der Waals surface area (Å²) in [5.41, 5.74) is 10.5. The van der Waals surface area contributed by atoms with Crippen molar-refractivity contribution in [3.05, 3.63) is 28.8 Å². The molecule has 1 aliphatic rings. The molecule has 4 heteroatoms. The standard InChI is InChI=1S/C18H28N2O2/c1-13-9-15(20-5-7-22-8-6-20)10-14(2)16(13)11-18(3,4)12-17(19)21/h9-10H,5-8,11-12H2,1-4H3,(H2,19,21). The van der Waals surface area contributed by atoms with E-state index in [9.17, 15) is 4.79 Å². The predicted molar refractivity (Wildman–Crippen MR) is 90.2 cm³/mol. The summed E-state index contributed by atoms with van der Waals surface area (Å²) in [6.07, 6.45) is 1.29. The van der Waals surface area contributed by atoms with Crippen molar-refractivity contribution in [3.8, 4) is 0 Å². The number of hydrogen-bond acceptors (Lipinski definition) is 3. The van der Waals surface area contributed by atoms with Gasteiger partial charge in [-0.1, -0.05) is 13.8 Å². The van der Waals surface area contributed by atoms with Gasteiger partial charge < -0.3 is 15.4 Å². The van der Waals surface area contributed by atoms with E-state index < -0.39 is 0 Å². The zero-order valence-electron chi connectivity index (χ0n) is 14.2. The van der Waals surface area contributed by atoms with E-state index in [4.69, 9.17) is 10.5 Å². The number of morpholine rings is 1. The van der Waals surface area contributed by atoms with Crippen LogP contribution in [0.25, 0.3) is 0 Å². The number of anilines is 1. The fraction of sp³-hybridized carbons (Fsp3) is 0.611. The van der Waals surface area contributed by atoms with E-state index in [1.165, 1.54) is 22.4 Å². The van der Waals surface area contributed by atoms with E-state index in [1.54, 1.807) is 0 Å². The van der Waals surface area contributed by atoms with Gasteiger partial charge >= 0.3 is 0 Å². The van der Waals surface area contributed by atoms with Gasteiger partial charge in [-0.25, -0.2) is 0 Å². The lowest BCUT2D eigenvalue weighted by Gasteiger charge is -2.31. The smallest absolute Gasteiger partial charge is 0.217 e. The van der Waals surface area contributed by atoms with Crippen molar-refractivity contribution in [1.82, 2.24) is 0 Å². The van der Waals surface area contributed by atoms with Crippen molar-refractivity contribution in [2.24, 2.45) is 11.1 Å². The zero-order valence-corrected chi connectivity index (χ0v) is 14.2. The maximum atomic E-state index is 11.2. The van der Waals surface area contributed by atoms with Gasteiger partial charge in [0, 0.05) is 25.2 Å². The molecular formula is C18H28N2O2. The number of carbonyl (C=O) groups is 1. The van der Waals surface area contributed by atoms with Crippen molar-refractivity contribution < 1.29 is 9.53 Å². The summed E-state index contributed by atoms with van der Waals surface area (Å²) >= 11 is 0. The van der Waals surface area contributed by atoms with E-state index in [2.05, 4.69) is 44.7 Å². The van der Waals surface area contributed by atoms with Crippen LogP contribution in [0.3, 0.4) is 0 Å². The van der Waals surface area contributed by atoms with Gasteiger partial charge in [-0.2, -0.15) is 0 Å². The highest BCUT2D eigenvalue weighted by Gasteiger charge is 2.23. The molecule has 1 aliphatic heterocycles. The van der Waals surface area contributed by atoms with Crippen molar-refractivity contribution in [1.29, 1.82) is 0 Å². The van der Waals surface area contributed by atoms with Gasteiger partial charge in [0.25, 0.3) is 0 Å². The highest BCUT2D eigenvalue weighted by molar-refractivity contribution is 5.74. The molecule has 0 bridgehead atoms. The number of rotatable bonds is 5. The fourth-order valence-corrected chi connectivity index (χ4v) is 3.27. The minimum atomic E-state index is -0.231. The summed E-state index contributed by atoms with van der Waals surface area (Å²) < 4.78 is 5.42. The maximum absolute atomic E-state index is 11.2. The van der Waals surface area contributed by atoms with E-state index >= 15 is 0 Å². The first kappa shape index (κ1) is 16.8. The minimum absolute atomic E-state index is 0.109. The van der Waals surface area contributed by atoms with Crippen molar-refractivity contribution in [3.63, 3.8) is 0 Å². The summed E-state index contributed by atoms with van der Waals surface area (Å²) in [5.74, 6) is -0.231. The first-order valence-electron chi connectivity index (χ1n) is 8.00. The predicted octanol–water partition coefficient (Wildman–Crippen LogP) is 2.58. The van der Waals surface area contributed by atoms with E-state index in [0.29, 0.717) is 6.42 Å². The third kappa shape index (κ3) is 4.23. The molecule has 1 saturated heterocycles. The molecule has 22 heavy (non-hydrogen) atoms. The van der Waals surface area contributed by atoms with Crippen molar-refractivity contribution in [2.75, 3.05) is 31.2 Å². The maximum Gasteiger partial charge on any atom is 0.217 e. The summed E-state index contributed by atoms with van der Waals surface area (Å²) in [4.78, 5) is 13.6. The number of carbonyl (C=O) groups excluding carboxylic acids is 1. The van der Waals surface area contributed by atoms with Crippen LogP contribution in [-0.4, -0.2) is 32.2 Å². The molecule has 4 nitrogen and oxygen atoms in total. The Labute approximate surface area is 133 Å². The first-order valence-corrected chi connectivity index (χ1v) is 8.00. The number of benzene rings is 1. The van der Waals surface area contributed by atoms with Gasteiger partial charge in [-0.05, 0) is 54.5 Å². The second-order valence-corrected chi connectivity index (χ2v) is 7.14. The molecule has 0 saturated carbocycles. The number of nitrogens with two attached hydrogens (primary N) is 1. The number of hydrogen-bond donors (Lipinski definition) is 1. The Morgan fingerprint density at radius 1 is 1.23 bits per heavy atom. The van der Waals surface area contributed by atoms with E-state index in [-0.39, 0.29) is 11.3 Å². The van der Waals surface area contributed by atoms with Crippen molar-refractivity contribution in [2.45, 2.75) is 40.5 Å². The molecule has 1 heterocycles. The molecule has 122 valence electrons. The normalized spacial score (nSPS) is 15.9. The molecule has 0 aromatic heterocycles. The lowest BCUT2D eigenvalue weighted by molar-refractivity contribution is -0.119. The molecular weight excluding hydrogens is 276 g/mol. The number of amides is 1. The van der Waals surface area contributed by atoms with Crippen LogP contribution in [-0.2, 0) is 16.0 Å². The lowest BCUT2D eigenvalue weighted by Crippen LogP contribution is -2.36. The Hall–Kier alpha value is -1.55. The van der Waals surface area contributed by atoms with Crippen LogP contribution in [0.1, 0.15) is 37.0 Å². The Bertz CT molecular complexity index is 523. The molecule has 1 fully saturated rings. The zero-order chi connectivity index (χ0) is 16.3. The van der Waals surface area contributed by atoms with E-state index in [0.717, 1.165) is 32.7 Å². The van der Waals surface area contributed by atoms with Gasteiger partial charge in [0.05, 0.1) is 13.2 Å². The van der Waals surface area contributed by atoms with Gasteiger partial charge in [0.15, 0.2) is 0 Å². The Morgan fingerprint density at radius 3 is 2.27 bits per heavy atom. The third-order valence-electron chi connectivity index (χ3n) is 4.37. The summed E-state index contributed by atoms with van der Waals surface area (Å²) in [6, 6.07) is 4.52. The third-order valence-corrected chi connectivity index (χ3v) is 4.37. The van der Waals surface area contributed by atoms with Crippen LogP contribution in [0, 0.1) is 19.3 Å². The average molecular weight is 304 g/mol. The molecule has 1 aromatic carbocycles. The van der Waals surface area contributed by atoms with E-state index in [1.807, 2.05) is 0 Å². The molecule has 2 rings (SSSR count). The van der Waals surface area contributed by atoms with Crippen LogP contribution in [0.5, 0.6) is 0 Å². The average Bonchev–Trinajstić information content (AvgIpc) is 2.42. The van der Waals surface area contributed by atoms with Gasteiger partial charge in [-0.3, -0.25) is 4.79 Å². The number of primary amides is 1. The van der Waals surface area contributed by atoms with Gasteiger partial charge in [0.2, 0.25) is 5.91 Å². The second-order valence-electron chi connectivity index (χ2n) is 7.14. The molecule has 0 unspecified atom stereocenters.